The van der Waals surface area contributed by atoms with Crippen molar-refractivity contribution in [3.63, 3.8) is 0 Å². The minimum Gasteiger partial charge on any atom is -0.322 e. The maximum absolute atomic E-state index is 6.26. The number of hydrogen-bond donors (Lipinski definition) is 1. The average Bonchev–Trinajstić information content (AvgIpc) is 2.26. The van der Waals surface area contributed by atoms with Gasteiger partial charge in [-0.1, -0.05) is 25.1 Å². The number of pyridine rings is 1. The van der Waals surface area contributed by atoms with Crippen LogP contribution in [0.1, 0.15) is 37.6 Å². The molecular weight excluding hydrogens is 208 g/mol. The Morgan fingerprint density at radius 3 is 2.59 bits per heavy atom. The van der Waals surface area contributed by atoms with Crippen LogP contribution in [0.4, 0.5) is 0 Å². The Kier molecular flexibility index (Phi) is 2.92. The van der Waals surface area contributed by atoms with E-state index in [1.807, 2.05) is 20.8 Å². The number of nitrogens with two attached hydrogens (primary N) is 1. The summed E-state index contributed by atoms with van der Waals surface area (Å²) in [4.78, 5) is 4.67. The van der Waals surface area contributed by atoms with E-state index >= 15 is 0 Å². The lowest BCUT2D eigenvalue weighted by Crippen LogP contribution is -2.29. The summed E-state index contributed by atoms with van der Waals surface area (Å²) in [5, 5.41) is 1.18. The Hall–Kier alpha value is -1.41. The van der Waals surface area contributed by atoms with E-state index in [1.165, 1.54) is 16.5 Å². The van der Waals surface area contributed by atoms with Crippen molar-refractivity contribution in [2.45, 2.75) is 39.7 Å². The van der Waals surface area contributed by atoms with Crippen molar-refractivity contribution in [3.05, 3.63) is 41.1 Å². The average molecular weight is 228 g/mol. The SMILES string of the molecule is CCc1cccc2c(C(C)(C)N)cc(C)nc12. The van der Waals surface area contributed by atoms with Gasteiger partial charge < -0.3 is 5.73 Å². The number of aromatic nitrogens is 1. The van der Waals surface area contributed by atoms with E-state index in [0.29, 0.717) is 0 Å². The Balaban J connectivity index is 2.86. The topological polar surface area (TPSA) is 38.9 Å². The highest BCUT2D eigenvalue weighted by Gasteiger charge is 2.19. The molecule has 0 amide bonds. The van der Waals surface area contributed by atoms with Crippen LogP contribution in [0.15, 0.2) is 24.3 Å². The second-order valence-electron chi connectivity index (χ2n) is 5.20. The summed E-state index contributed by atoms with van der Waals surface area (Å²) in [5.41, 5.74) is 10.5. The van der Waals surface area contributed by atoms with E-state index in [9.17, 15) is 0 Å². The fourth-order valence-electron chi connectivity index (χ4n) is 2.25. The van der Waals surface area contributed by atoms with Gasteiger partial charge >= 0.3 is 0 Å². The lowest BCUT2D eigenvalue weighted by Gasteiger charge is -2.22. The molecule has 2 rings (SSSR count). The molecule has 0 aliphatic rings. The molecule has 90 valence electrons. The standard InChI is InChI=1S/C15H20N2/c1-5-11-7-6-8-12-13(15(3,4)16)9-10(2)17-14(11)12/h6-9H,5,16H2,1-4H3. The van der Waals surface area contributed by atoms with Gasteiger partial charge in [-0.05, 0) is 44.4 Å². The molecule has 0 atom stereocenters. The molecule has 0 saturated heterocycles. The van der Waals surface area contributed by atoms with Gasteiger partial charge in [0.1, 0.15) is 0 Å². The molecule has 1 heterocycles. The van der Waals surface area contributed by atoms with E-state index < -0.39 is 0 Å². The molecule has 1 aromatic carbocycles. The molecule has 17 heavy (non-hydrogen) atoms. The summed E-state index contributed by atoms with van der Waals surface area (Å²) in [7, 11) is 0. The maximum Gasteiger partial charge on any atom is 0.0740 e. The first-order valence-electron chi connectivity index (χ1n) is 6.12. The molecule has 0 unspecified atom stereocenters. The highest BCUT2D eigenvalue weighted by molar-refractivity contribution is 5.86. The first kappa shape index (κ1) is 12.1. The second-order valence-corrected chi connectivity index (χ2v) is 5.20. The van der Waals surface area contributed by atoms with Gasteiger partial charge in [0, 0.05) is 16.6 Å². The quantitative estimate of drug-likeness (QED) is 0.856. The third-order valence-corrected chi connectivity index (χ3v) is 3.13. The molecule has 2 N–H and O–H groups in total. The number of fused-ring (bicyclic) bond motifs is 1. The zero-order chi connectivity index (χ0) is 12.6. The molecule has 2 aromatic rings. The van der Waals surface area contributed by atoms with Gasteiger partial charge in [-0.3, -0.25) is 4.98 Å². The molecule has 0 radical (unpaired) electrons. The van der Waals surface area contributed by atoms with Crippen LogP contribution in [-0.2, 0) is 12.0 Å². The van der Waals surface area contributed by atoms with Crippen LogP contribution < -0.4 is 5.73 Å². The van der Waals surface area contributed by atoms with Crippen molar-refractivity contribution in [2.75, 3.05) is 0 Å². The van der Waals surface area contributed by atoms with Gasteiger partial charge in [0.2, 0.25) is 0 Å². The zero-order valence-corrected chi connectivity index (χ0v) is 11.0. The molecular formula is C15H20N2. The fourth-order valence-corrected chi connectivity index (χ4v) is 2.25. The van der Waals surface area contributed by atoms with Crippen molar-refractivity contribution in [2.24, 2.45) is 5.73 Å². The van der Waals surface area contributed by atoms with Crippen LogP contribution in [0.3, 0.4) is 0 Å². The summed E-state index contributed by atoms with van der Waals surface area (Å²) in [6.45, 7) is 8.27. The maximum atomic E-state index is 6.26. The van der Waals surface area contributed by atoms with Crippen molar-refractivity contribution in [1.82, 2.24) is 4.98 Å². The lowest BCUT2D eigenvalue weighted by molar-refractivity contribution is 0.558. The van der Waals surface area contributed by atoms with E-state index in [-0.39, 0.29) is 5.54 Å². The summed E-state index contributed by atoms with van der Waals surface area (Å²) in [5.74, 6) is 0. The van der Waals surface area contributed by atoms with E-state index in [0.717, 1.165) is 17.6 Å². The Morgan fingerprint density at radius 2 is 2.00 bits per heavy atom. The normalized spacial score (nSPS) is 12.1. The van der Waals surface area contributed by atoms with Gasteiger partial charge in [-0.25, -0.2) is 0 Å². The number of hydrogen-bond acceptors (Lipinski definition) is 2. The minimum atomic E-state index is -0.335. The molecule has 2 heteroatoms. The zero-order valence-electron chi connectivity index (χ0n) is 11.0. The molecule has 0 saturated carbocycles. The van der Waals surface area contributed by atoms with Crippen LogP contribution in [0.5, 0.6) is 0 Å². The van der Waals surface area contributed by atoms with Crippen molar-refractivity contribution in [3.8, 4) is 0 Å². The Bertz CT molecular complexity index is 551. The van der Waals surface area contributed by atoms with Crippen LogP contribution in [-0.4, -0.2) is 4.98 Å². The highest BCUT2D eigenvalue weighted by Crippen LogP contribution is 2.28. The fraction of sp³-hybridized carbons (Fsp3) is 0.400. The lowest BCUT2D eigenvalue weighted by atomic mass is 9.90. The summed E-state index contributed by atoms with van der Waals surface area (Å²) in [6.07, 6.45) is 0.998. The summed E-state index contributed by atoms with van der Waals surface area (Å²) < 4.78 is 0. The van der Waals surface area contributed by atoms with Crippen molar-refractivity contribution < 1.29 is 0 Å². The molecule has 0 aliphatic heterocycles. The van der Waals surface area contributed by atoms with Crippen LogP contribution in [0.2, 0.25) is 0 Å². The minimum absolute atomic E-state index is 0.335. The third kappa shape index (κ3) is 2.18. The molecule has 2 nitrogen and oxygen atoms in total. The molecule has 0 fully saturated rings. The van der Waals surface area contributed by atoms with E-state index in [1.54, 1.807) is 0 Å². The van der Waals surface area contributed by atoms with Gasteiger partial charge in [0.15, 0.2) is 0 Å². The smallest absolute Gasteiger partial charge is 0.0740 e. The van der Waals surface area contributed by atoms with Crippen molar-refractivity contribution in [1.29, 1.82) is 0 Å². The predicted octanol–water partition coefficient (Wildman–Crippen LogP) is 3.30. The molecule has 1 aromatic heterocycles. The van der Waals surface area contributed by atoms with E-state index in [4.69, 9.17) is 5.73 Å². The van der Waals surface area contributed by atoms with Gasteiger partial charge in [-0.2, -0.15) is 0 Å². The van der Waals surface area contributed by atoms with Crippen LogP contribution >= 0.6 is 0 Å². The first-order chi connectivity index (χ1) is 7.93. The van der Waals surface area contributed by atoms with Crippen molar-refractivity contribution >= 4 is 10.9 Å². The third-order valence-electron chi connectivity index (χ3n) is 3.13. The monoisotopic (exact) mass is 228 g/mol. The Morgan fingerprint density at radius 1 is 1.29 bits per heavy atom. The summed E-state index contributed by atoms with van der Waals surface area (Å²) in [6, 6.07) is 8.45. The second kappa shape index (κ2) is 4.11. The number of benzene rings is 1. The first-order valence-corrected chi connectivity index (χ1v) is 6.12. The molecule has 0 spiro atoms. The molecule has 0 aliphatic carbocycles. The van der Waals surface area contributed by atoms with Crippen LogP contribution in [0.25, 0.3) is 10.9 Å². The predicted molar refractivity (Wildman–Crippen MR) is 73.1 cm³/mol. The number of aryl methyl sites for hydroxylation is 2. The highest BCUT2D eigenvalue weighted by atomic mass is 14.7. The van der Waals surface area contributed by atoms with E-state index in [2.05, 4.69) is 36.2 Å². The Labute approximate surface area is 103 Å². The summed E-state index contributed by atoms with van der Waals surface area (Å²) >= 11 is 0. The van der Waals surface area contributed by atoms with Gasteiger partial charge in [-0.15, -0.1) is 0 Å². The number of nitrogens with zero attached hydrogens (tertiary/aromatic N) is 1. The molecule has 0 bridgehead atoms. The number of para-hydroxylation sites is 1. The van der Waals surface area contributed by atoms with Gasteiger partial charge in [0.05, 0.1) is 5.52 Å². The van der Waals surface area contributed by atoms with Gasteiger partial charge in [0.25, 0.3) is 0 Å². The number of rotatable bonds is 2. The largest absolute Gasteiger partial charge is 0.322 e. The van der Waals surface area contributed by atoms with Crippen LogP contribution in [0, 0.1) is 6.92 Å².